The fourth-order valence-electron chi connectivity index (χ4n) is 1.79. The lowest BCUT2D eigenvalue weighted by molar-refractivity contribution is 0.429. The molecule has 2 N–H and O–H groups in total. The number of nitrogens with zero attached hydrogens (tertiary/aromatic N) is 2. The molecule has 1 aromatic heterocycles. The van der Waals surface area contributed by atoms with Gasteiger partial charge in [-0.2, -0.15) is 4.98 Å². The first-order valence-corrected chi connectivity index (χ1v) is 6.16. The summed E-state index contributed by atoms with van der Waals surface area (Å²) < 4.78 is 18.8. The van der Waals surface area contributed by atoms with Gasteiger partial charge in [0, 0.05) is 16.3 Å². The van der Waals surface area contributed by atoms with Crippen LogP contribution in [0, 0.1) is 5.82 Å². The Morgan fingerprint density at radius 1 is 1.15 bits per heavy atom. The molecule has 6 heteroatoms. The summed E-state index contributed by atoms with van der Waals surface area (Å²) in [5.74, 6) is -0.0636. The summed E-state index contributed by atoms with van der Waals surface area (Å²) in [6, 6.07) is 11.2. The van der Waals surface area contributed by atoms with Crippen molar-refractivity contribution in [3.05, 3.63) is 53.3 Å². The topological polar surface area (TPSA) is 64.9 Å². The normalized spacial score (nSPS) is 10.7. The predicted octanol–water partition coefficient (Wildman–Crippen LogP) is 3.78. The summed E-state index contributed by atoms with van der Waals surface area (Å²) in [5.41, 5.74) is 7.14. The van der Waals surface area contributed by atoms with Crippen molar-refractivity contribution in [2.45, 2.75) is 0 Å². The van der Waals surface area contributed by atoms with Crippen LogP contribution < -0.4 is 5.73 Å². The van der Waals surface area contributed by atoms with E-state index in [-0.39, 0.29) is 11.5 Å². The molecule has 0 radical (unpaired) electrons. The molecule has 0 aliphatic heterocycles. The molecule has 0 amide bonds. The van der Waals surface area contributed by atoms with Gasteiger partial charge in [0.2, 0.25) is 5.82 Å². The Labute approximate surface area is 119 Å². The molecule has 100 valence electrons. The third kappa shape index (κ3) is 2.35. The van der Waals surface area contributed by atoms with Crippen molar-refractivity contribution in [1.82, 2.24) is 10.1 Å². The Kier molecular flexibility index (Phi) is 3.12. The molecule has 0 saturated heterocycles. The highest BCUT2D eigenvalue weighted by molar-refractivity contribution is 6.30. The second-order valence-corrected chi connectivity index (χ2v) is 4.61. The standard InChI is InChI=1S/C14H9ClFN3O/c15-9-4-5-12(16)11(7-9)14-18-13(19-20-14)8-2-1-3-10(17)6-8/h1-7H,17H2. The molecule has 0 aliphatic rings. The van der Waals surface area contributed by atoms with E-state index in [1.165, 1.54) is 18.2 Å². The summed E-state index contributed by atoms with van der Waals surface area (Å²) in [7, 11) is 0. The van der Waals surface area contributed by atoms with Crippen LogP contribution in [-0.4, -0.2) is 10.1 Å². The van der Waals surface area contributed by atoms with Gasteiger partial charge in [-0.05, 0) is 30.3 Å². The lowest BCUT2D eigenvalue weighted by Crippen LogP contribution is -1.87. The highest BCUT2D eigenvalue weighted by Crippen LogP contribution is 2.27. The predicted molar refractivity (Wildman–Crippen MR) is 74.6 cm³/mol. The molecular formula is C14H9ClFN3O. The molecule has 0 saturated carbocycles. The minimum atomic E-state index is -0.475. The molecule has 0 bridgehead atoms. The highest BCUT2D eigenvalue weighted by Gasteiger charge is 2.14. The quantitative estimate of drug-likeness (QED) is 0.729. The first-order valence-electron chi connectivity index (χ1n) is 5.78. The molecule has 20 heavy (non-hydrogen) atoms. The summed E-state index contributed by atoms with van der Waals surface area (Å²) >= 11 is 5.84. The van der Waals surface area contributed by atoms with Crippen LogP contribution in [0.2, 0.25) is 5.02 Å². The first kappa shape index (κ1) is 12.6. The van der Waals surface area contributed by atoms with Gasteiger partial charge in [0.1, 0.15) is 5.82 Å². The number of nitrogen functional groups attached to an aromatic ring is 1. The van der Waals surface area contributed by atoms with Gasteiger partial charge in [-0.1, -0.05) is 28.9 Å². The lowest BCUT2D eigenvalue weighted by atomic mass is 10.2. The molecule has 3 rings (SSSR count). The number of hydrogen-bond acceptors (Lipinski definition) is 4. The van der Waals surface area contributed by atoms with Crippen molar-refractivity contribution in [2.24, 2.45) is 0 Å². The number of hydrogen-bond donors (Lipinski definition) is 1. The van der Waals surface area contributed by atoms with E-state index >= 15 is 0 Å². The summed E-state index contributed by atoms with van der Waals surface area (Å²) in [6.07, 6.45) is 0. The third-order valence-electron chi connectivity index (χ3n) is 2.73. The van der Waals surface area contributed by atoms with Crippen LogP contribution >= 0.6 is 11.6 Å². The van der Waals surface area contributed by atoms with Crippen molar-refractivity contribution >= 4 is 17.3 Å². The zero-order valence-corrected chi connectivity index (χ0v) is 10.9. The van der Waals surface area contributed by atoms with E-state index in [4.69, 9.17) is 21.9 Å². The number of halogens is 2. The Morgan fingerprint density at radius 3 is 2.80 bits per heavy atom. The molecular weight excluding hydrogens is 281 g/mol. The number of rotatable bonds is 2. The fourth-order valence-corrected chi connectivity index (χ4v) is 1.96. The van der Waals surface area contributed by atoms with Crippen LogP contribution in [0.3, 0.4) is 0 Å². The zero-order chi connectivity index (χ0) is 14.1. The molecule has 0 spiro atoms. The second kappa shape index (κ2) is 4.94. The monoisotopic (exact) mass is 289 g/mol. The fraction of sp³-hybridized carbons (Fsp3) is 0. The van der Waals surface area contributed by atoms with Crippen molar-refractivity contribution < 1.29 is 8.91 Å². The average molecular weight is 290 g/mol. The minimum Gasteiger partial charge on any atom is -0.399 e. The lowest BCUT2D eigenvalue weighted by Gasteiger charge is -1.97. The van der Waals surface area contributed by atoms with E-state index in [0.717, 1.165) is 0 Å². The van der Waals surface area contributed by atoms with Crippen LogP contribution in [0.5, 0.6) is 0 Å². The van der Waals surface area contributed by atoms with Gasteiger partial charge >= 0.3 is 0 Å². The summed E-state index contributed by atoms with van der Waals surface area (Å²) in [4.78, 5) is 4.16. The van der Waals surface area contributed by atoms with E-state index in [1.54, 1.807) is 24.3 Å². The molecule has 3 aromatic rings. The van der Waals surface area contributed by atoms with Crippen LogP contribution in [0.25, 0.3) is 22.8 Å². The second-order valence-electron chi connectivity index (χ2n) is 4.17. The molecule has 4 nitrogen and oxygen atoms in total. The van der Waals surface area contributed by atoms with Crippen molar-refractivity contribution in [2.75, 3.05) is 5.73 Å². The van der Waals surface area contributed by atoms with Crippen LogP contribution in [0.4, 0.5) is 10.1 Å². The van der Waals surface area contributed by atoms with E-state index in [1.807, 2.05) is 0 Å². The Hall–Kier alpha value is -2.40. The largest absolute Gasteiger partial charge is 0.399 e. The highest BCUT2D eigenvalue weighted by atomic mass is 35.5. The molecule has 1 heterocycles. The van der Waals surface area contributed by atoms with Crippen molar-refractivity contribution in [1.29, 1.82) is 0 Å². The van der Waals surface area contributed by atoms with Gasteiger partial charge in [0.15, 0.2) is 0 Å². The summed E-state index contributed by atoms with van der Waals surface area (Å²) in [5, 5.41) is 4.22. The number of aromatic nitrogens is 2. The molecule has 0 atom stereocenters. The van der Waals surface area contributed by atoms with Crippen molar-refractivity contribution in [3.8, 4) is 22.8 Å². The van der Waals surface area contributed by atoms with Gasteiger partial charge < -0.3 is 10.3 Å². The van der Waals surface area contributed by atoms with E-state index < -0.39 is 5.82 Å². The van der Waals surface area contributed by atoms with Gasteiger partial charge in [-0.25, -0.2) is 4.39 Å². The van der Waals surface area contributed by atoms with E-state index in [2.05, 4.69) is 10.1 Å². The van der Waals surface area contributed by atoms with Gasteiger partial charge in [0.05, 0.1) is 5.56 Å². The van der Waals surface area contributed by atoms with Crippen LogP contribution in [-0.2, 0) is 0 Å². The van der Waals surface area contributed by atoms with Crippen molar-refractivity contribution in [3.63, 3.8) is 0 Å². The van der Waals surface area contributed by atoms with Gasteiger partial charge in [0.25, 0.3) is 5.89 Å². The van der Waals surface area contributed by atoms with Crippen LogP contribution in [0.15, 0.2) is 47.0 Å². The maximum atomic E-state index is 13.7. The molecule has 0 fully saturated rings. The minimum absolute atomic E-state index is 0.0717. The molecule has 0 aliphatic carbocycles. The number of benzene rings is 2. The van der Waals surface area contributed by atoms with E-state index in [0.29, 0.717) is 22.1 Å². The summed E-state index contributed by atoms with van der Waals surface area (Å²) in [6.45, 7) is 0. The SMILES string of the molecule is Nc1cccc(-c2noc(-c3cc(Cl)ccc3F)n2)c1. The maximum Gasteiger partial charge on any atom is 0.261 e. The first-order chi connectivity index (χ1) is 9.63. The van der Waals surface area contributed by atoms with Gasteiger partial charge in [-0.3, -0.25) is 0 Å². The van der Waals surface area contributed by atoms with Crippen LogP contribution in [0.1, 0.15) is 0 Å². The molecule has 0 unspecified atom stereocenters. The maximum absolute atomic E-state index is 13.7. The zero-order valence-electron chi connectivity index (χ0n) is 10.2. The Bertz CT molecular complexity index is 773. The number of nitrogens with two attached hydrogens (primary N) is 1. The smallest absolute Gasteiger partial charge is 0.261 e. The Morgan fingerprint density at radius 2 is 2.00 bits per heavy atom. The number of anilines is 1. The van der Waals surface area contributed by atoms with E-state index in [9.17, 15) is 4.39 Å². The van der Waals surface area contributed by atoms with Gasteiger partial charge in [-0.15, -0.1) is 0 Å². The Balaban J connectivity index is 2.04. The molecule has 2 aromatic carbocycles. The third-order valence-corrected chi connectivity index (χ3v) is 2.96. The average Bonchev–Trinajstić information content (AvgIpc) is 2.91.